The standard InChI is InChI=1S/C15H11Cl2NO3/c16-11-4-12(17)14(19)13(5-11)18-15(20)8-1-2-9-6-21-7-10(9)3-8/h1-5,19H,6-7H2,(H,18,20). The first-order chi connectivity index (χ1) is 10.0. The van der Waals surface area contributed by atoms with E-state index in [0.29, 0.717) is 23.8 Å². The van der Waals surface area contributed by atoms with E-state index in [1.165, 1.54) is 12.1 Å². The van der Waals surface area contributed by atoms with E-state index in [-0.39, 0.29) is 22.4 Å². The number of aromatic hydroxyl groups is 1. The fraction of sp³-hybridized carbons (Fsp3) is 0.133. The Labute approximate surface area is 131 Å². The van der Waals surface area contributed by atoms with Crippen LogP contribution in [0, 0.1) is 0 Å². The highest BCUT2D eigenvalue weighted by Crippen LogP contribution is 2.35. The molecule has 0 unspecified atom stereocenters. The molecule has 0 saturated carbocycles. The molecule has 1 heterocycles. The Bertz CT molecular complexity index is 731. The summed E-state index contributed by atoms with van der Waals surface area (Å²) in [5.74, 6) is -0.558. The third kappa shape index (κ3) is 2.83. The second-order valence-electron chi connectivity index (χ2n) is 4.71. The number of phenolic OH excluding ortho intramolecular Hbond substituents is 1. The highest BCUT2D eigenvalue weighted by molar-refractivity contribution is 6.36. The lowest BCUT2D eigenvalue weighted by Gasteiger charge is -2.10. The van der Waals surface area contributed by atoms with Crippen molar-refractivity contribution in [1.29, 1.82) is 0 Å². The van der Waals surface area contributed by atoms with Crippen LogP contribution < -0.4 is 5.32 Å². The maximum absolute atomic E-state index is 12.2. The van der Waals surface area contributed by atoms with E-state index in [2.05, 4.69) is 5.32 Å². The number of amides is 1. The quantitative estimate of drug-likeness (QED) is 0.822. The summed E-state index contributed by atoms with van der Waals surface area (Å²) in [4.78, 5) is 12.2. The number of nitrogens with one attached hydrogen (secondary N) is 1. The van der Waals surface area contributed by atoms with Crippen molar-refractivity contribution in [2.75, 3.05) is 5.32 Å². The highest BCUT2D eigenvalue weighted by Gasteiger charge is 2.16. The van der Waals surface area contributed by atoms with Crippen molar-refractivity contribution in [3.8, 4) is 5.75 Å². The first kappa shape index (κ1) is 14.2. The van der Waals surface area contributed by atoms with Crippen LogP contribution in [0.4, 0.5) is 5.69 Å². The van der Waals surface area contributed by atoms with Gasteiger partial charge in [0.2, 0.25) is 0 Å². The lowest BCUT2D eigenvalue weighted by Crippen LogP contribution is -2.12. The van der Waals surface area contributed by atoms with Crippen molar-refractivity contribution in [3.63, 3.8) is 0 Å². The van der Waals surface area contributed by atoms with Crippen LogP contribution in [0.2, 0.25) is 10.0 Å². The molecule has 1 aliphatic rings. The second-order valence-corrected chi connectivity index (χ2v) is 5.56. The molecule has 0 aromatic heterocycles. The number of carbonyl (C=O) groups excluding carboxylic acids is 1. The van der Waals surface area contributed by atoms with Gasteiger partial charge in [0.05, 0.1) is 23.9 Å². The molecule has 108 valence electrons. The molecule has 0 atom stereocenters. The number of hydrogen-bond acceptors (Lipinski definition) is 3. The molecule has 2 aromatic carbocycles. The Hall–Kier alpha value is -1.75. The van der Waals surface area contributed by atoms with Gasteiger partial charge in [-0.1, -0.05) is 29.3 Å². The molecular formula is C15H11Cl2NO3. The van der Waals surface area contributed by atoms with E-state index in [0.717, 1.165) is 11.1 Å². The Morgan fingerprint density at radius 2 is 1.90 bits per heavy atom. The van der Waals surface area contributed by atoms with Gasteiger partial charge in [0.25, 0.3) is 5.91 Å². The van der Waals surface area contributed by atoms with Crippen molar-refractivity contribution in [3.05, 3.63) is 57.1 Å². The highest BCUT2D eigenvalue weighted by atomic mass is 35.5. The smallest absolute Gasteiger partial charge is 0.255 e. The molecule has 2 N–H and O–H groups in total. The van der Waals surface area contributed by atoms with Gasteiger partial charge in [0.1, 0.15) is 0 Å². The Morgan fingerprint density at radius 1 is 1.14 bits per heavy atom. The molecule has 21 heavy (non-hydrogen) atoms. The predicted octanol–water partition coefficient (Wildman–Crippen LogP) is 3.98. The van der Waals surface area contributed by atoms with E-state index in [1.807, 2.05) is 6.07 Å². The van der Waals surface area contributed by atoms with Gasteiger partial charge < -0.3 is 15.2 Å². The van der Waals surface area contributed by atoms with Crippen LogP contribution in [0.5, 0.6) is 5.75 Å². The van der Waals surface area contributed by atoms with Crippen LogP contribution in [0.15, 0.2) is 30.3 Å². The van der Waals surface area contributed by atoms with E-state index in [4.69, 9.17) is 27.9 Å². The van der Waals surface area contributed by atoms with Crippen LogP contribution in [0.1, 0.15) is 21.5 Å². The lowest BCUT2D eigenvalue weighted by molar-refractivity contribution is 0.102. The number of fused-ring (bicyclic) bond motifs is 1. The van der Waals surface area contributed by atoms with Gasteiger partial charge >= 0.3 is 0 Å². The molecule has 4 nitrogen and oxygen atoms in total. The minimum absolute atomic E-state index is 0.0835. The molecule has 0 radical (unpaired) electrons. The zero-order chi connectivity index (χ0) is 15.0. The normalized spacial score (nSPS) is 13.0. The van der Waals surface area contributed by atoms with Gasteiger partial charge in [-0.2, -0.15) is 0 Å². The number of rotatable bonds is 2. The van der Waals surface area contributed by atoms with E-state index < -0.39 is 0 Å². The molecule has 0 fully saturated rings. The molecule has 0 saturated heterocycles. The van der Waals surface area contributed by atoms with Crippen LogP contribution in [0.3, 0.4) is 0 Å². The summed E-state index contributed by atoms with van der Waals surface area (Å²) in [5.41, 5.74) is 2.74. The van der Waals surface area contributed by atoms with E-state index >= 15 is 0 Å². The third-order valence-corrected chi connectivity index (χ3v) is 3.77. The fourth-order valence-electron chi connectivity index (χ4n) is 2.17. The second kappa shape index (κ2) is 5.56. The Morgan fingerprint density at radius 3 is 2.71 bits per heavy atom. The number of ether oxygens (including phenoxy) is 1. The van der Waals surface area contributed by atoms with Gasteiger partial charge in [-0.15, -0.1) is 0 Å². The number of anilines is 1. The number of hydrogen-bond donors (Lipinski definition) is 2. The minimum atomic E-state index is -0.349. The summed E-state index contributed by atoms with van der Waals surface area (Å²) in [5, 5.41) is 12.9. The maximum Gasteiger partial charge on any atom is 0.255 e. The van der Waals surface area contributed by atoms with Gasteiger partial charge in [0.15, 0.2) is 5.75 Å². The summed E-state index contributed by atoms with van der Waals surface area (Å²) in [6, 6.07) is 8.20. The van der Waals surface area contributed by atoms with Crippen molar-refractivity contribution in [2.24, 2.45) is 0 Å². The first-order valence-corrected chi connectivity index (χ1v) is 6.99. The first-order valence-electron chi connectivity index (χ1n) is 6.23. The van der Waals surface area contributed by atoms with Crippen LogP contribution in [-0.4, -0.2) is 11.0 Å². The van der Waals surface area contributed by atoms with Crippen molar-refractivity contribution in [2.45, 2.75) is 13.2 Å². The molecule has 0 bridgehead atoms. The molecular weight excluding hydrogens is 313 g/mol. The van der Waals surface area contributed by atoms with Crippen molar-refractivity contribution < 1.29 is 14.6 Å². The number of benzene rings is 2. The van der Waals surface area contributed by atoms with E-state index in [1.54, 1.807) is 12.1 Å². The average molecular weight is 324 g/mol. The van der Waals surface area contributed by atoms with Gasteiger partial charge in [-0.05, 0) is 35.4 Å². The largest absolute Gasteiger partial charge is 0.504 e. The minimum Gasteiger partial charge on any atom is -0.504 e. The van der Waals surface area contributed by atoms with Crippen molar-refractivity contribution in [1.82, 2.24) is 0 Å². The van der Waals surface area contributed by atoms with E-state index in [9.17, 15) is 9.90 Å². The Balaban J connectivity index is 1.87. The fourth-order valence-corrected chi connectivity index (χ4v) is 2.66. The SMILES string of the molecule is O=C(Nc1cc(Cl)cc(Cl)c1O)c1ccc2c(c1)COC2. The number of halogens is 2. The summed E-state index contributed by atoms with van der Waals surface area (Å²) >= 11 is 11.7. The van der Waals surface area contributed by atoms with Gasteiger partial charge in [-0.3, -0.25) is 4.79 Å². The summed E-state index contributed by atoms with van der Waals surface area (Å²) in [7, 11) is 0. The van der Waals surface area contributed by atoms with Gasteiger partial charge in [-0.25, -0.2) is 0 Å². The molecule has 0 aliphatic carbocycles. The maximum atomic E-state index is 12.2. The number of carbonyl (C=O) groups is 1. The summed E-state index contributed by atoms with van der Waals surface area (Å²) < 4.78 is 5.31. The number of phenols is 1. The zero-order valence-electron chi connectivity index (χ0n) is 10.8. The van der Waals surface area contributed by atoms with Crippen LogP contribution in [-0.2, 0) is 18.0 Å². The topological polar surface area (TPSA) is 58.6 Å². The monoisotopic (exact) mass is 323 g/mol. The molecule has 1 aliphatic heterocycles. The molecule has 2 aromatic rings. The average Bonchev–Trinajstić information content (AvgIpc) is 2.91. The lowest BCUT2D eigenvalue weighted by atomic mass is 10.1. The molecule has 0 spiro atoms. The van der Waals surface area contributed by atoms with Crippen LogP contribution >= 0.6 is 23.2 Å². The zero-order valence-corrected chi connectivity index (χ0v) is 12.3. The van der Waals surface area contributed by atoms with Crippen LogP contribution in [0.25, 0.3) is 0 Å². The predicted molar refractivity (Wildman–Crippen MR) is 81.0 cm³/mol. The molecule has 6 heteroatoms. The molecule has 1 amide bonds. The Kier molecular flexibility index (Phi) is 3.76. The summed E-state index contributed by atoms with van der Waals surface area (Å²) in [6.45, 7) is 1.08. The van der Waals surface area contributed by atoms with Gasteiger partial charge in [0, 0.05) is 10.6 Å². The van der Waals surface area contributed by atoms with Crippen molar-refractivity contribution >= 4 is 34.8 Å². The molecule has 3 rings (SSSR count). The third-order valence-electron chi connectivity index (χ3n) is 3.26. The summed E-state index contributed by atoms with van der Waals surface area (Å²) in [6.07, 6.45) is 0.